The van der Waals surface area contributed by atoms with Crippen LogP contribution in [-0.4, -0.2) is 64.0 Å². The predicted octanol–water partition coefficient (Wildman–Crippen LogP) is -3.49. The van der Waals surface area contributed by atoms with Crippen molar-refractivity contribution in [2.24, 2.45) is 0 Å². The standard InChI is InChI=1S/C8H15O7/c1-7(3-14-2)6(11)8(12,13)4(9)5(10)15-7/h4-6,9,11-13H,3H2,1-2H3/q-1/t4-,5+,6+,7+/m0/s1. The molecule has 1 aliphatic heterocycles. The first kappa shape index (κ1) is 12.8. The summed E-state index contributed by atoms with van der Waals surface area (Å²) in [6.45, 7) is 1.08. The number of hydrogen-bond acceptors (Lipinski definition) is 7. The van der Waals surface area contributed by atoms with Crippen molar-refractivity contribution >= 4 is 0 Å². The van der Waals surface area contributed by atoms with Gasteiger partial charge in [-0.05, 0) is 6.92 Å². The van der Waals surface area contributed by atoms with Gasteiger partial charge in [-0.1, -0.05) is 0 Å². The van der Waals surface area contributed by atoms with Gasteiger partial charge in [0.25, 0.3) is 0 Å². The Labute approximate surface area is 86.5 Å². The van der Waals surface area contributed by atoms with E-state index in [0.29, 0.717) is 0 Å². The third-order valence-corrected chi connectivity index (χ3v) is 2.49. The smallest absolute Gasteiger partial charge is 0.220 e. The summed E-state index contributed by atoms with van der Waals surface area (Å²) >= 11 is 0. The van der Waals surface area contributed by atoms with Crippen molar-refractivity contribution in [3.05, 3.63) is 0 Å². The van der Waals surface area contributed by atoms with Gasteiger partial charge in [-0.25, -0.2) is 0 Å². The molecule has 0 aromatic heterocycles. The van der Waals surface area contributed by atoms with Crippen molar-refractivity contribution in [1.29, 1.82) is 0 Å². The first-order valence-electron chi connectivity index (χ1n) is 4.39. The second-order valence-electron chi connectivity index (χ2n) is 3.86. The van der Waals surface area contributed by atoms with Crippen LogP contribution < -0.4 is 5.11 Å². The monoisotopic (exact) mass is 223 g/mol. The molecule has 0 radical (unpaired) electrons. The molecule has 15 heavy (non-hydrogen) atoms. The second kappa shape index (κ2) is 3.95. The molecule has 0 aliphatic carbocycles. The predicted molar refractivity (Wildman–Crippen MR) is 44.3 cm³/mol. The maximum atomic E-state index is 11.2. The van der Waals surface area contributed by atoms with Crippen molar-refractivity contribution in [2.45, 2.75) is 36.8 Å². The summed E-state index contributed by atoms with van der Waals surface area (Å²) in [7, 11) is 1.31. The van der Waals surface area contributed by atoms with Gasteiger partial charge in [-0.2, -0.15) is 0 Å². The van der Waals surface area contributed by atoms with Gasteiger partial charge in [0.05, 0.1) is 6.61 Å². The highest BCUT2D eigenvalue weighted by Gasteiger charge is 2.56. The zero-order chi connectivity index (χ0) is 11.9. The van der Waals surface area contributed by atoms with E-state index in [1.807, 2.05) is 0 Å². The summed E-state index contributed by atoms with van der Waals surface area (Å²) in [5, 5.41) is 48.6. The first-order valence-corrected chi connectivity index (χ1v) is 4.39. The fraction of sp³-hybridized carbons (Fsp3) is 1.00. The SMILES string of the molecule is COC[C@@]1(C)O[C@@H]([O-])[C@H](O)C(O)(O)[C@@H]1O. The van der Waals surface area contributed by atoms with Gasteiger partial charge < -0.3 is 35.0 Å². The van der Waals surface area contributed by atoms with Gasteiger partial charge in [-0.3, -0.25) is 0 Å². The molecule has 4 atom stereocenters. The lowest BCUT2D eigenvalue weighted by Crippen LogP contribution is -2.74. The Morgan fingerprint density at radius 1 is 1.40 bits per heavy atom. The van der Waals surface area contributed by atoms with E-state index in [9.17, 15) is 20.4 Å². The summed E-state index contributed by atoms with van der Waals surface area (Å²) in [4.78, 5) is 0. The minimum atomic E-state index is -2.90. The van der Waals surface area contributed by atoms with Gasteiger partial charge >= 0.3 is 0 Å². The van der Waals surface area contributed by atoms with Crippen LogP contribution in [0.5, 0.6) is 0 Å². The molecule has 0 bridgehead atoms. The first-order chi connectivity index (χ1) is 6.75. The molecule has 0 aromatic carbocycles. The Bertz CT molecular complexity index is 231. The summed E-state index contributed by atoms with van der Waals surface area (Å²) in [6, 6.07) is 0. The zero-order valence-electron chi connectivity index (χ0n) is 8.45. The summed E-state index contributed by atoms with van der Waals surface area (Å²) in [5.74, 6) is -2.90. The molecule has 0 amide bonds. The Hall–Kier alpha value is -0.280. The van der Waals surface area contributed by atoms with Gasteiger partial charge in [0.2, 0.25) is 5.79 Å². The third-order valence-electron chi connectivity index (χ3n) is 2.49. The number of hydrogen-bond donors (Lipinski definition) is 4. The molecule has 7 heteroatoms. The van der Waals surface area contributed by atoms with E-state index in [1.165, 1.54) is 14.0 Å². The second-order valence-corrected chi connectivity index (χ2v) is 3.86. The van der Waals surface area contributed by atoms with Gasteiger partial charge in [0.15, 0.2) is 0 Å². The number of aliphatic hydroxyl groups is 4. The van der Waals surface area contributed by atoms with E-state index in [1.54, 1.807) is 0 Å². The Morgan fingerprint density at radius 2 is 1.93 bits per heavy atom. The number of rotatable bonds is 2. The minimum absolute atomic E-state index is 0.206. The molecule has 0 saturated carbocycles. The fourth-order valence-corrected chi connectivity index (χ4v) is 1.61. The highest BCUT2D eigenvalue weighted by atomic mass is 16.7. The van der Waals surface area contributed by atoms with Crippen molar-refractivity contribution in [3.63, 3.8) is 0 Å². The fourth-order valence-electron chi connectivity index (χ4n) is 1.61. The maximum Gasteiger partial charge on any atom is 0.220 e. The van der Waals surface area contributed by atoms with E-state index < -0.39 is 29.9 Å². The molecule has 4 N–H and O–H groups in total. The lowest BCUT2D eigenvalue weighted by atomic mass is 9.86. The van der Waals surface area contributed by atoms with Crippen LogP contribution in [0.3, 0.4) is 0 Å². The molecule has 1 saturated heterocycles. The van der Waals surface area contributed by atoms with Crippen LogP contribution >= 0.6 is 0 Å². The molecule has 0 aromatic rings. The van der Waals surface area contributed by atoms with Crippen LogP contribution in [0.1, 0.15) is 6.92 Å². The van der Waals surface area contributed by atoms with E-state index in [2.05, 4.69) is 0 Å². The quantitative estimate of drug-likeness (QED) is 0.358. The molecule has 0 spiro atoms. The largest absolute Gasteiger partial charge is 0.829 e. The van der Waals surface area contributed by atoms with Crippen molar-refractivity contribution in [3.8, 4) is 0 Å². The van der Waals surface area contributed by atoms with Crippen LogP contribution in [0, 0.1) is 0 Å². The van der Waals surface area contributed by atoms with E-state index in [4.69, 9.17) is 14.6 Å². The van der Waals surface area contributed by atoms with Gasteiger partial charge in [0.1, 0.15) is 17.8 Å². The molecular weight excluding hydrogens is 208 g/mol. The van der Waals surface area contributed by atoms with Crippen LogP contribution in [0.4, 0.5) is 0 Å². The molecule has 1 heterocycles. The number of aliphatic hydroxyl groups excluding tert-OH is 2. The lowest BCUT2D eigenvalue weighted by Gasteiger charge is -2.53. The zero-order valence-corrected chi connectivity index (χ0v) is 8.45. The lowest BCUT2D eigenvalue weighted by molar-refractivity contribution is -0.563. The maximum absolute atomic E-state index is 11.2. The van der Waals surface area contributed by atoms with E-state index in [-0.39, 0.29) is 6.61 Å². The van der Waals surface area contributed by atoms with E-state index >= 15 is 0 Å². The van der Waals surface area contributed by atoms with Crippen LogP contribution in [0.2, 0.25) is 0 Å². The minimum Gasteiger partial charge on any atom is -0.829 e. The Balaban J connectivity index is 2.95. The normalized spacial score (nSPS) is 45.4. The number of methoxy groups -OCH3 is 1. The van der Waals surface area contributed by atoms with Crippen molar-refractivity contribution in [1.82, 2.24) is 0 Å². The molecule has 7 nitrogen and oxygen atoms in total. The third kappa shape index (κ3) is 2.00. The summed E-state index contributed by atoms with van der Waals surface area (Å²) in [5.41, 5.74) is -1.57. The van der Waals surface area contributed by atoms with E-state index in [0.717, 1.165) is 0 Å². The van der Waals surface area contributed by atoms with Crippen molar-refractivity contribution in [2.75, 3.05) is 13.7 Å². The highest BCUT2D eigenvalue weighted by Crippen LogP contribution is 2.33. The molecule has 90 valence electrons. The van der Waals surface area contributed by atoms with Crippen LogP contribution in [0.25, 0.3) is 0 Å². The van der Waals surface area contributed by atoms with Crippen molar-refractivity contribution < 1.29 is 35.0 Å². The Morgan fingerprint density at radius 3 is 2.40 bits per heavy atom. The summed E-state index contributed by atoms with van der Waals surface area (Å²) < 4.78 is 9.48. The average Bonchev–Trinajstić information content (AvgIpc) is 2.13. The van der Waals surface area contributed by atoms with Crippen LogP contribution in [-0.2, 0) is 9.47 Å². The molecule has 1 rings (SSSR count). The van der Waals surface area contributed by atoms with Gasteiger partial charge in [-0.15, -0.1) is 0 Å². The molecule has 1 fully saturated rings. The number of ether oxygens (including phenoxy) is 2. The average molecular weight is 223 g/mol. The topological polar surface area (TPSA) is 122 Å². The molecule has 1 aliphatic rings. The van der Waals surface area contributed by atoms with Crippen LogP contribution in [0.15, 0.2) is 0 Å². The summed E-state index contributed by atoms with van der Waals surface area (Å²) in [6.07, 6.45) is -6.01. The molecular formula is C8H15O7-. The Kier molecular flexibility index (Phi) is 3.36. The van der Waals surface area contributed by atoms with Gasteiger partial charge in [0, 0.05) is 13.4 Å². The molecule has 0 unspecified atom stereocenters. The highest BCUT2D eigenvalue weighted by molar-refractivity contribution is 5.01.